The number of hydrogen-bond acceptors (Lipinski definition) is 3. The SMILES string of the molecule is CC(C)c1nc2cc(N)ccc2n1CCO.Cl.Cl. The second-order valence-corrected chi connectivity index (χ2v) is 4.25. The van der Waals surface area contributed by atoms with Crippen molar-refractivity contribution in [2.24, 2.45) is 0 Å². The quantitative estimate of drug-likeness (QED) is 0.855. The molecule has 0 saturated carbocycles. The molecular weight excluding hydrogens is 273 g/mol. The van der Waals surface area contributed by atoms with Gasteiger partial charge in [-0.1, -0.05) is 13.8 Å². The third-order valence-corrected chi connectivity index (χ3v) is 2.64. The van der Waals surface area contributed by atoms with Crippen molar-refractivity contribution in [1.82, 2.24) is 9.55 Å². The number of rotatable bonds is 3. The molecule has 0 aliphatic rings. The van der Waals surface area contributed by atoms with E-state index in [4.69, 9.17) is 10.8 Å². The Morgan fingerprint density at radius 3 is 2.56 bits per heavy atom. The molecule has 0 radical (unpaired) electrons. The van der Waals surface area contributed by atoms with E-state index in [1.165, 1.54) is 0 Å². The molecule has 1 aromatic carbocycles. The van der Waals surface area contributed by atoms with Gasteiger partial charge in [0.1, 0.15) is 5.82 Å². The maximum Gasteiger partial charge on any atom is 0.112 e. The zero-order valence-corrected chi connectivity index (χ0v) is 12.1. The molecule has 1 aromatic heterocycles. The van der Waals surface area contributed by atoms with Crippen LogP contribution < -0.4 is 5.73 Å². The highest BCUT2D eigenvalue weighted by molar-refractivity contribution is 5.85. The van der Waals surface area contributed by atoms with E-state index in [2.05, 4.69) is 23.4 Å². The first-order chi connectivity index (χ1) is 7.63. The molecular formula is C12H19Cl2N3O. The predicted octanol–water partition coefficient (Wildman–Crippen LogP) is 2.58. The van der Waals surface area contributed by atoms with Crippen molar-refractivity contribution in [1.29, 1.82) is 0 Å². The number of aliphatic hydroxyl groups is 1. The van der Waals surface area contributed by atoms with Crippen molar-refractivity contribution in [2.45, 2.75) is 26.3 Å². The van der Waals surface area contributed by atoms with Gasteiger partial charge in [-0.15, -0.1) is 24.8 Å². The van der Waals surface area contributed by atoms with Gasteiger partial charge in [-0.25, -0.2) is 4.98 Å². The van der Waals surface area contributed by atoms with E-state index < -0.39 is 0 Å². The van der Waals surface area contributed by atoms with Crippen LogP contribution in [0.5, 0.6) is 0 Å². The van der Waals surface area contributed by atoms with Crippen molar-refractivity contribution >= 4 is 41.5 Å². The Labute approximate surface area is 119 Å². The third kappa shape index (κ3) is 3.07. The predicted molar refractivity (Wildman–Crippen MR) is 79.8 cm³/mol. The summed E-state index contributed by atoms with van der Waals surface area (Å²) in [5.41, 5.74) is 8.39. The summed E-state index contributed by atoms with van der Waals surface area (Å²) in [6.07, 6.45) is 0. The Balaban J connectivity index is 0.00000144. The van der Waals surface area contributed by atoms with Gasteiger partial charge in [-0.3, -0.25) is 0 Å². The van der Waals surface area contributed by atoms with Gasteiger partial charge in [0.05, 0.1) is 17.6 Å². The topological polar surface area (TPSA) is 64.1 Å². The molecule has 1 heterocycles. The highest BCUT2D eigenvalue weighted by atomic mass is 35.5. The fraction of sp³-hybridized carbons (Fsp3) is 0.417. The molecule has 102 valence electrons. The summed E-state index contributed by atoms with van der Waals surface area (Å²) in [6, 6.07) is 5.69. The lowest BCUT2D eigenvalue weighted by Gasteiger charge is -2.09. The van der Waals surface area contributed by atoms with Gasteiger partial charge in [0.2, 0.25) is 0 Å². The number of aliphatic hydroxyl groups excluding tert-OH is 1. The Morgan fingerprint density at radius 2 is 2.00 bits per heavy atom. The largest absolute Gasteiger partial charge is 0.399 e. The summed E-state index contributed by atoms with van der Waals surface area (Å²) < 4.78 is 2.05. The van der Waals surface area contributed by atoms with Crippen LogP contribution in [0.25, 0.3) is 11.0 Å². The molecule has 2 aromatic rings. The first kappa shape index (κ1) is 17.0. The zero-order valence-electron chi connectivity index (χ0n) is 10.5. The van der Waals surface area contributed by atoms with E-state index in [0.29, 0.717) is 12.5 Å². The molecule has 18 heavy (non-hydrogen) atoms. The number of imidazole rings is 1. The first-order valence-corrected chi connectivity index (χ1v) is 5.50. The van der Waals surface area contributed by atoms with Gasteiger partial charge < -0.3 is 15.4 Å². The monoisotopic (exact) mass is 291 g/mol. The van der Waals surface area contributed by atoms with Crippen molar-refractivity contribution in [3.8, 4) is 0 Å². The number of nitrogens with zero attached hydrogens (tertiary/aromatic N) is 2. The molecule has 0 aliphatic heterocycles. The van der Waals surface area contributed by atoms with Crippen LogP contribution in [0.4, 0.5) is 5.69 Å². The lowest BCUT2D eigenvalue weighted by Crippen LogP contribution is -2.08. The molecule has 6 heteroatoms. The molecule has 0 bridgehead atoms. The number of halogens is 2. The molecule has 0 amide bonds. The van der Waals surface area contributed by atoms with Crippen molar-refractivity contribution < 1.29 is 5.11 Å². The molecule has 2 rings (SSSR count). The fourth-order valence-electron chi connectivity index (χ4n) is 1.94. The minimum atomic E-state index is 0. The molecule has 3 N–H and O–H groups in total. The number of benzene rings is 1. The molecule has 0 unspecified atom stereocenters. The standard InChI is InChI=1S/C12H17N3O.2ClH/c1-8(2)12-14-10-7-9(13)3-4-11(10)15(12)5-6-16;;/h3-4,7-8,16H,5-6,13H2,1-2H3;2*1H. The number of fused-ring (bicyclic) bond motifs is 1. The van der Waals surface area contributed by atoms with Crippen molar-refractivity contribution in [2.75, 3.05) is 12.3 Å². The van der Waals surface area contributed by atoms with Gasteiger partial charge in [0.25, 0.3) is 0 Å². The zero-order chi connectivity index (χ0) is 11.7. The van der Waals surface area contributed by atoms with E-state index in [9.17, 15) is 0 Å². The Kier molecular flexibility index (Phi) is 6.46. The normalized spacial score (nSPS) is 10.2. The second kappa shape index (κ2) is 6.83. The van der Waals surface area contributed by atoms with Crippen LogP contribution in [-0.4, -0.2) is 21.3 Å². The van der Waals surface area contributed by atoms with Gasteiger partial charge in [-0.05, 0) is 18.2 Å². The summed E-state index contributed by atoms with van der Waals surface area (Å²) in [5, 5.41) is 9.09. The number of hydrogen-bond donors (Lipinski definition) is 2. The van der Waals surface area contributed by atoms with E-state index >= 15 is 0 Å². The minimum absolute atomic E-state index is 0. The average Bonchev–Trinajstić information content (AvgIpc) is 2.57. The summed E-state index contributed by atoms with van der Waals surface area (Å²) in [6.45, 7) is 4.89. The molecule has 0 spiro atoms. The van der Waals surface area contributed by atoms with Crippen molar-refractivity contribution in [3.05, 3.63) is 24.0 Å². The summed E-state index contributed by atoms with van der Waals surface area (Å²) >= 11 is 0. The van der Waals surface area contributed by atoms with Crippen LogP contribution in [0.15, 0.2) is 18.2 Å². The van der Waals surface area contributed by atoms with Gasteiger partial charge >= 0.3 is 0 Å². The second-order valence-electron chi connectivity index (χ2n) is 4.25. The van der Waals surface area contributed by atoms with E-state index in [1.807, 2.05) is 18.2 Å². The van der Waals surface area contributed by atoms with Crippen LogP contribution in [0.2, 0.25) is 0 Å². The fourth-order valence-corrected chi connectivity index (χ4v) is 1.94. The lowest BCUT2D eigenvalue weighted by atomic mass is 10.2. The number of anilines is 1. The van der Waals surface area contributed by atoms with Crippen LogP contribution in [-0.2, 0) is 6.54 Å². The van der Waals surface area contributed by atoms with Crippen molar-refractivity contribution in [3.63, 3.8) is 0 Å². The molecule has 0 fully saturated rings. The minimum Gasteiger partial charge on any atom is -0.399 e. The third-order valence-electron chi connectivity index (χ3n) is 2.64. The van der Waals surface area contributed by atoms with Gasteiger partial charge in [0, 0.05) is 18.2 Å². The first-order valence-electron chi connectivity index (χ1n) is 5.50. The molecule has 4 nitrogen and oxygen atoms in total. The van der Waals surface area contributed by atoms with Gasteiger partial charge in [0.15, 0.2) is 0 Å². The van der Waals surface area contributed by atoms with Crippen LogP contribution in [0.3, 0.4) is 0 Å². The Bertz CT molecular complexity index is 511. The maximum absolute atomic E-state index is 9.09. The summed E-state index contributed by atoms with van der Waals surface area (Å²) in [5.74, 6) is 1.33. The lowest BCUT2D eigenvalue weighted by molar-refractivity contribution is 0.275. The number of aromatic nitrogens is 2. The van der Waals surface area contributed by atoms with E-state index in [1.54, 1.807) is 0 Å². The Hall–Kier alpha value is -0.970. The number of nitrogen functional groups attached to an aromatic ring is 1. The maximum atomic E-state index is 9.09. The van der Waals surface area contributed by atoms with Crippen LogP contribution in [0, 0.1) is 0 Å². The average molecular weight is 292 g/mol. The highest BCUT2D eigenvalue weighted by Gasteiger charge is 2.12. The summed E-state index contributed by atoms with van der Waals surface area (Å²) in [7, 11) is 0. The smallest absolute Gasteiger partial charge is 0.112 e. The van der Waals surface area contributed by atoms with Crippen LogP contribution >= 0.6 is 24.8 Å². The van der Waals surface area contributed by atoms with E-state index in [0.717, 1.165) is 22.5 Å². The molecule has 0 saturated heterocycles. The number of nitrogens with two attached hydrogens (primary N) is 1. The highest BCUT2D eigenvalue weighted by Crippen LogP contribution is 2.23. The van der Waals surface area contributed by atoms with Gasteiger partial charge in [-0.2, -0.15) is 0 Å². The Morgan fingerprint density at radius 1 is 1.33 bits per heavy atom. The molecule has 0 atom stereocenters. The molecule has 0 aliphatic carbocycles. The van der Waals surface area contributed by atoms with Crippen LogP contribution in [0.1, 0.15) is 25.6 Å². The van der Waals surface area contributed by atoms with E-state index in [-0.39, 0.29) is 31.4 Å². The summed E-state index contributed by atoms with van der Waals surface area (Å²) in [4.78, 5) is 4.56.